The summed E-state index contributed by atoms with van der Waals surface area (Å²) in [7, 11) is 0. The molecule has 5 heteroatoms. The topological polar surface area (TPSA) is 63.1 Å². The molecule has 1 aliphatic rings. The number of carboxylic acid groups (broad SMARTS) is 1. The number of hydrogen-bond donors (Lipinski definition) is 1. The van der Waals surface area contributed by atoms with E-state index in [9.17, 15) is 4.79 Å². The zero-order chi connectivity index (χ0) is 14.0. The van der Waals surface area contributed by atoms with Crippen LogP contribution in [-0.2, 0) is 11.2 Å². The molecule has 4 nitrogen and oxygen atoms in total. The summed E-state index contributed by atoms with van der Waals surface area (Å²) in [6.07, 6.45) is 2.88. The second-order valence-corrected chi connectivity index (χ2v) is 6.49. The van der Waals surface area contributed by atoms with E-state index in [2.05, 4.69) is 9.97 Å². The number of carbonyl (C=O) groups is 1. The van der Waals surface area contributed by atoms with Crippen molar-refractivity contribution in [3.8, 4) is 0 Å². The van der Waals surface area contributed by atoms with Crippen molar-refractivity contribution in [2.45, 2.75) is 45.3 Å². The molecule has 1 aromatic heterocycles. The lowest BCUT2D eigenvalue weighted by Crippen LogP contribution is -2.16. The standard InChI is InChI=1S/C14H20N2O2S/c1-8(14(17)18)7-11-9(2)15-13(16-10(11)3)12-5-4-6-19-12/h8,12H,4-7H2,1-3H3,(H,17,18). The van der Waals surface area contributed by atoms with Crippen LogP contribution in [0.1, 0.15) is 47.8 Å². The normalized spacial score (nSPS) is 20.5. The number of aryl methyl sites for hydroxylation is 2. The minimum absolute atomic E-state index is 0.396. The maximum absolute atomic E-state index is 11.0. The van der Waals surface area contributed by atoms with Crippen molar-refractivity contribution in [3.63, 3.8) is 0 Å². The maximum Gasteiger partial charge on any atom is 0.306 e. The van der Waals surface area contributed by atoms with Crippen molar-refractivity contribution < 1.29 is 9.90 Å². The third kappa shape index (κ3) is 3.26. The summed E-state index contributed by atoms with van der Waals surface area (Å²) >= 11 is 1.92. The van der Waals surface area contributed by atoms with E-state index in [0.29, 0.717) is 11.7 Å². The van der Waals surface area contributed by atoms with Crippen LogP contribution >= 0.6 is 11.8 Å². The Hall–Kier alpha value is -1.10. The van der Waals surface area contributed by atoms with Gasteiger partial charge in [-0.1, -0.05) is 6.92 Å². The number of aromatic nitrogens is 2. The van der Waals surface area contributed by atoms with Gasteiger partial charge in [-0.05, 0) is 44.4 Å². The number of thioether (sulfide) groups is 1. The molecule has 19 heavy (non-hydrogen) atoms. The minimum Gasteiger partial charge on any atom is -0.481 e. The van der Waals surface area contributed by atoms with Crippen LogP contribution in [0.3, 0.4) is 0 Å². The Labute approximate surface area is 118 Å². The highest BCUT2D eigenvalue weighted by molar-refractivity contribution is 7.99. The molecule has 0 aromatic carbocycles. The van der Waals surface area contributed by atoms with Crippen molar-refractivity contribution in [1.82, 2.24) is 9.97 Å². The van der Waals surface area contributed by atoms with Crippen LogP contribution in [0.2, 0.25) is 0 Å². The van der Waals surface area contributed by atoms with Crippen molar-refractivity contribution in [1.29, 1.82) is 0 Å². The Kier molecular flexibility index (Phi) is 4.45. The van der Waals surface area contributed by atoms with Gasteiger partial charge in [0.2, 0.25) is 0 Å². The molecule has 2 rings (SSSR count). The number of rotatable bonds is 4. The Morgan fingerprint density at radius 2 is 2.05 bits per heavy atom. The first-order valence-electron chi connectivity index (χ1n) is 6.67. The van der Waals surface area contributed by atoms with Crippen LogP contribution < -0.4 is 0 Å². The van der Waals surface area contributed by atoms with Gasteiger partial charge in [0.25, 0.3) is 0 Å². The molecule has 1 aromatic rings. The van der Waals surface area contributed by atoms with Gasteiger partial charge in [0, 0.05) is 11.4 Å². The average molecular weight is 280 g/mol. The van der Waals surface area contributed by atoms with Crippen LogP contribution in [0, 0.1) is 19.8 Å². The second-order valence-electron chi connectivity index (χ2n) is 5.18. The van der Waals surface area contributed by atoms with Gasteiger partial charge in [-0.25, -0.2) is 9.97 Å². The molecule has 0 aliphatic carbocycles. The Morgan fingerprint density at radius 1 is 1.42 bits per heavy atom. The zero-order valence-corrected chi connectivity index (χ0v) is 12.5. The molecule has 0 saturated carbocycles. The van der Waals surface area contributed by atoms with Crippen LogP contribution in [0.25, 0.3) is 0 Å². The average Bonchev–Trinajstić information content (AvgIpc) is 2.86. The third-order valence-corrected chi connectivity index (χ3v) is 4.96. The molecule has 0 amide bonds. The monoisotopic (exact) mass is 280 g/mol. The van der Waals surface area contributed by atoms with E-state index in [0.717, 1.165) is 29.2 Å². The first-order chi connectivity index (χ1) is 8.99. The highest BCUT2D eigenvalue weighted by atomic mass is 32.2. The number of carboxylic acids is 1. The summed E-state index contributed by atoms with van der Waals surface area (Å²) in [5.74, 6) is 0.940. The van der Waals surface area contributed by atoms with Crippen LogP contribution in [0.5, 0.6) is 0 Å². The molecule has 1 saturated heterocycles. The van der Waals surface area contributed by atoms with E-state index in [1.165, 1.54) is 12.2 Å². The van der Waals surface area contributed by atoms with Crippen molar-refractivity contribution >= 4 is 17.7 Å². The summed E-state index contributed by atoms with van der Waals surface area (Å²) in [6.45, 7) is 5.64. The molecule has 1 fully saturated rings. The fourth-order valence-electron chi connectivity index (χ4n) is 2.38. The molecule has 2 atom stereocenters. The molecule has 0 spiro atoms. The molecular formula is C14H20N2O2S. The van der Waals surface area contributed by atoms with Gasteiger partial charge >= 0.3 is 5.97 Å². The lowest BCUT2D eigenvalue weighted by molar-refractivity contribution is -0.141. The second kappa shape index (κ2) is 5.90. The van der Waals surface area contributed by atoms with E-state index >= 15 is 0 Å². The summed E-state index contributed by atoms with van der Waals surface area (Å²) in [5, 5.41) is 9.43. The summed E-state index contributed by atoms with van der Waals surface area (Å²) < 4.78 is 0. The summed E-state index contributed by atoms with van der Waals surface area (Å²) in [6, 6.07) is 0. The summed E-state index contributed by atoms with van der Waals surface area (Å²) in [5.41, 5.74) is 2.85. The highest BCUT2D eigenvalue weighted by Gasteiger charge is 2.23. The fraction of sp³-hybridized carbons (Fsp3) is 0.643. The van der Waals surface area contributed by atoms with Crippen molar-refractivity contribution in [3.05, 3.63) is 22.8 Å². The van der Waals surface area contributed by atoms with Gasteiger partial charge in [0.15, 0.2) is 0 Å². The van der Waals surface area contributed by atoms with Crippen molar-refractivity contribution in [2.75, 3.05) is 5.75 Å². The lowest BCUT2D eigenvalue weighted by Gasteiger charge is -2.15. The molecular weight excluding hydrogens is 260 g/mol. The first kappa shape index (κ1) is 14.3. The van der Waals surface area contributed by atoms with Gasteiger partial charge in [0.05, 0.1) is 11.2 Å². The molecule has 2 heterocycles. The first-order valence-corrected chi connectivity index (χ1v) is 7.72. The molecule has 104 valence electrons. The molecule has 1 N–H and O–H groups in total. The minimum atomic E-state index is -0.769. The van der Waals surface area contributed by atoms with E-state index in [-0.39, 0.29) is 0 Å². The van der Waals surface area contributed by atoms with E-state index < -0.39 is 11.9 Å². The third-order valence-electron chi connectivity index (χ3n) is 3.59. The Morgan fingerprint density at radius 3 is 2.53 bits per heavy atom. The fourth-order valence-corrected chi connectivity index (χ4v) is 3.59. The predicted octanol–water partition coefficient (Wildman–Crippen LogP) is 2.92. The SMILES string of the molecule is Cc1nc(C2CCCS2)nc(C)c1CC(C)C(=O)O. The van der Waals surface area contributed by atoms with E-state index in [1.807, 2.05) is 25.6 Å². The summed E-state index contributed by atoms with van der Waals surface area (Å²) in [4.78, 5) is 20.2. The molecule has 0 bridgehead atoms. The van der Waals surface area contributed by atoms with E-state index in [4.69, 9.17) is 5.11 Å². The van der Waals surface area contributed by atoms with Gasteiger partial charge < -0.3 is 5.11 Å². The van der Waals surface area contributed by atoms with Crippen LogP contribution in [0.4, 0.5) is 0 Å². The zero-order valence-electron chi connectivity index (χ0n) is 11.6. The maximum atomic E-state index is 11.0. The Bertz CT molecular complexity index is 461. The van der Waals surface area contributed by atoms with E-state index in [1.54, 1.807) is 6.92 Å². The molecule has 0 radical (unpaired) electrons. The Balaban J connectivity index is 2.24. The number of nitrogens with zero attached hydrogens (tertiary/aromatic N) is 2. The smallest absolute Gasteiger partial charge is 0.306 e. The van der Waals surface area contributed by atoms with Gasteiger partial charge in [0.1, 0.15) is 5.82 Å². The predicted molar refractivity (Wildman–Crippen MR) is 76.4 cm³/mol. The quantitative estimate of drug-likeness (QED) is 0.918. The van der Waals surface area contributed by atoms with Crippen molar-refractivity contribution in [2.24, 2.45) is 5.92 Å². The lowest BCUT2D eigenvalue weighted by atomic mass is 9.99. The largest absolute Gasteiger partial charge is 0.481 e. The molecule has 1 aliphatic heterocycles. The van der Waals surface area contributed by atoms with Crippen LogP contribution in [0.15, 0.2) is 0 Å². The molecule has 2 unspecified atom stereocenters. The number of hydrogen-bond acceptors (Lipinski definition) is 4. The van der Waals surface area contributed by atoms with Crippen LogP contribution in [-0.4, -0.2) is 26.8 Å². The van der Waals surface area contributed by atoms with Gasteiger partial charge in [-0.2, -0.15) is 11.8 Å². The van der Waals surface area contributed by atoms with Gasteiger partial charge in [-0.3, -0.25) is 4.79 Å². The van der Waals surface area contributed by atoms with Gasteiger partial charge in [-0.15, -0.1) is 0 Å². The highest BCUT2D eigenvalue weighted by Crippen LogP contribution is 2.38. The number of aliphatic carboxylic acids is 1.